The van der Waals surface area contributed by atoms with Crippen molar-refractivity contribution in [1.29, 1.82) is 0 Å². The van der Waals surface area contributed by atoms with Gasteiger partial charge in [-0.05, 0) is 51.9 Å². The van der Waals surface area contributed by atoms with Crippen molar-refractivity contribution in [2.75, 3.05) is 0 Å². The molecule has 0 nitrogen and oxygen atoms in total. The Labute approximate surface area is 115 Å². The summed E-state index contributed by atoms with van der Waals surface area (Å²) in [5.74, 6) is 0. The second-order valence-corrected chi connectivity index (χ2v) is 4.88. The van der Waals surface area contributed by atoms with E-state index in [2.05, 4.69) is 50.3 Å². The normalized spacial score (nSPS) is 12.3. The Morgan fingerprint density at radius 3 is 1.72 bits per heavy atom. The molecule has 18 heavy (non-hydrogen) atoms. The Morgan fingerprint density at radius 1 is 0.611 bits per heavy atom. The molecule has 0 spiro atoms. The van der Waals surface area contributed by atoms with Gasteiger partial charge < -0.3 is 0 Å². The van der Waals surface area contributed by atoms with Gasteiger partial charge in [-0.2, -0.15) is 0 Å². The predicted molar refractivity (Wildman–Crippen MR) is 84.9 cm³/mol. The molecule has 0 aromatic heterocycles. The maximum absolute atomic E-state index is 2.34. The molecule has 104 valence electrons. The maximum atomic E-state index is 2.34. The third-order valence-electron chi connectivity index (χ3n) is 3.06. The molecule has 0 N–H and O–H groups in total. The van der Waals surface area contributed by atoms with Gasteiger partial charge in [-0.15, -0.1) is 0 Å². The minimum absolute atomic E-state index is 1.12. The minimum atomic E-state index is 1.12. The van der Waals surface area contributed by atoms with Crippen LogP contribution in [0.1, 0.15) is 78.1 Å². The lowest BCUT2D eigenvalue weighted by Gasteiger charge is -1.94. The molecule has 0 bridgehead atoms. The second kappa shape index (κ2) is 16.2. The van der Waals surface area contributed by atoms with Gasteiger partial charge in [0, 0.05) is 0 Å². The lowest BCUT2D eigenvalue weighted by Crippen LogP contribution is -1.74. The summed E-state index contributed by atoms with van der Waals surface area (Å²) in [5, 5.41) is 0. The smallest absolute Gasteiger partial charge is 0.0169 e. The van der Waals surface area contributed by atoms with Gasteiger partial charge in [-0.25, -0.2) is 0 Å². The standard InChI is InChI=1S/C18H32/c1-3-5-7-9-11-13-15-17-18-16-14-12-10-8-6-4-2/h3,5,12,14,17-18H,4,6-11,13,15-16H2,1-2H3. The van der Waals surface area contributed by atoms with E-state index in [-0.39, 0.29) is 0 Å². The highest BCUT2D eigenvalue weighted by molar-refractivity contribution is 4.92. The molecular formula is C18H32. The number of hydrogen-bond acceptors (Lipinski definition) is 0. The van der Waals surface area contributed by atoms with Crippen LogP contribution in [0.3, 0.4) is 0 Å². The van der Waals surface area contributed by atoms with E-state index in [9.17, 15) is 0 Å². The number of unbranched alkanes of at least 4 members (excludes halogenated alkanes) is 7. The molecule has 0 aliphatic heterocycles. The van der Waals surface area contributed by atoms with Crippen LogP contribution >= 0.6 is 0 Å². The first-order valence-electron chi connectivity index (χ1n) is 7.83. The van der Waals surface area contributed by atoms with E-state index in [1.165, 1.54) is 57.8 Å². The Bertz CT molecular complexity index is 220. The topological polar surface area (TPSA) is 0 Å². The van der Waals surface area contributed by atoms with Crippen LogP contribution in [0.25, 0.3) is 0 Å². The third kappa shape index (κ3) is 15.2. The summed E-state index contributed by atoms with van der Waals surface area (Å²) in [7, 11) is 0. The van der Waals surface area contributed by atoms with Crippen LogP contribution < -0.4 is 0 Å². The van der Waals surface area contributed by atoms with E-state index in [1.54, 1.807) is 0 Å². The fourth-order valence-corrected chi connectivity index (χ4v) is 1.89. The molecule has 0 aromatic carbocycles. The Kier molecular flexibility index (Phi) is 15.5. The van der Waals surface area contributed by atoms with Gasteiger partial charge >= 0.3 is 0 Å². The third-order valence-corrected chi connectivity index (χ3v) is 3.06. The van der Waals surface area contributed by atoms with Gasteiger partial charge in [0.1, 0.15) is 0 Å². The zero-order valence-corrected chi connectivity index (χ0v) is 12.5. The Hall–Kier alpha value is -0.780. The van der Waals surface area contributed by atoms with Crippen molar-refractivity contribution in [2.24, 2.45) is 0 Å². The SMILES string of the molecule is CC=CCCCCCC=CCC=CCCCCC. The van der Waals surface area contributed by atoms with Crippen molar-refractivity contribution in [3.05, 3.63) is 36.5 Å². The van der Waals surface area contributed by atoms with Gasteiger partial charge in [0.2, 0.25) is 0 Å². The highest BCUT2D eigenvalue weighted by atomic mass is 13.9. The van der Waals surface area contributed by atoms with Gasteiger partial charge in [-0.1, -0.05) is 62.6 Å². The summed E-state index contributed by atoms with van der Waals surface area (Å²) >= 11 is 0. The number of allylic oxidation sites excluding steroid dienone is 6. The van der Waals surface area contributed by atoms with Crippen molar-refractivity contribution < 1.29 is 0 Å². The number of hydrogen-bond donors (Lipinski definition) is 0. The first kappa shape index (κ1) is 17.2. The van der Waals surface area contributed by atoms with E-state index >= 15 is 0 Å². The molecule has 0 rings (SSSR count). The van der Waals surface area contributed by atoms with Crippen LogP contribution in [0.2, 0.25) is 0 Å². The second-order valence-electron chi connectivity index (χ2n) is 4.88. The quantitative estimate of drug-likeness (QED) is 0.270. The highest BCUT2D eigenvalue weighted by Crippen LogP contribution is 2.05. The average molecular weight is 248 g/mol. The lowest BCUT2D eigenvalue weighted by molar-refractivity contribution is 0.695. The fourth-order valence-electron chi connectivity index (χ4n) is 1.89. The first-order valence-corrected chi connectivity index (χ1v) is 7.83. The van der Waals surface area contributed by atoms with Crippen molar-refractivity contribution in [1.82, 2.24) is 0 Å². The van der Waals surface area contributed by atoms with Crippen molar-refractivity contribution >= 4 is 0 Å². The molecule has 0 radical (unpaired) electrons. The minimum Gasteiger partial charge on any atom is -0.0917 e. The molecule has 0 saturated heterocycles. The van der Waals surface area contributed by atoms with Crippen LogP contribution in [-0.2, 0) is 0 Å². The molecule has 0 aliphatic rings. The predicted octanol–water partition coefficient (Wildman–Crippen LogP) is 6.60. The van der Waals surface area contributed by atoms with E-state index in [0.29, 0.717) is 0 Å². The number of rotatable bonds is 12. The molecule has 0 aromatic rings. The monoisotopic (exact) mass is 248 g/mol. The summed E-state index contributed by atoms with van der Waals surface area (Å²) in [4.78, 5) is 0. The largest absolute Gasteiger partial charge is 0.0917 e. The zero-order chi connectivity index (χ0) is 13.3. The lowest BCUT2D eigenvalue weighted by atomic mass is 10.1. The summed E-state index contributed by atoms with van der Waals surface area (Å²) in [6.45, 7) is 4.35. The maximum Gasteiger partial charge on any atom is -0.0169 e. The van der Waals surface area contributed by atoms with Gasteiger partial charge in [0.25, 0.3) is 0 Å². The highest BCUT2D eigenvalue weighted by Gasteiger charge is 1.85. The van der Waals surface area contributed by atoms with Crippen LogP contribution in [-0.4, -0.2) is 0 Å². The van der Waals surface area contributed by atoms with Crippen molar-refractivity contribution in [3.63, 3.8) is 0 Å². The molecule has 0 unspecified atom stereocenters. The van der Waals surface area contributed by atoms with Gasteiger partial charge in [-0.3, -0.25) is 0 Å². The van der Waals surface area contributed by atoms with Crippen LogP contribution in [0.4, 0.5) is 0 Å². The summed E-state index contributed by atoms with van der Waals surface area (Å²) < 4.78 is 0. The average Bonchev–Trinajstić information content (AvgIpc) is 2.39. The summed E-state index contributed by atoms with van der Waals surface area (Å²) in [6.07, 6.45) is 26.6. The van der Waals surface area contributed by atoms with E-state index in [0.717, 1.165) is 6.42 Å². The zero-order valence-electron chi connectivity index (χ0n) is 12.5. The molecule has 0 saturated carbocycles. The fraction of sp³-hybridized carbons (Fsp3) is 0.667. The summed E-state index contributed by atoms with van der Waals surface area (Å²) in [6, 6.07) is 0. The van der Waals surface area contributed by atoms with E-state index in [1.807, 2.05) is 0 Å². The van der Waals surface area contributed by atoms with Gasteiger partial charge in [0.05, 0.1) is 0 Å². The van der Waals surface area contributed by atoms with Crippen molar-refractivity contribution in [3.8, 4) is 0 Å². The molecule has 0 heteroatoms. The van der Waals surface area contributed by atoms with E-state index < -0.39 is 0 Å². The van der Waals surface area contributed by atoms with Crippen LogP contribution in [0.5, 0.6) is 0 Å². The van der Waals surface area contributed by atoms with Crippen LogP contribution in [0.15, 0.2) is 36.5 Å². The van der Waals surface area contributed by atoms with E-state index in [4.69, 9.17) is 0 Å². The Morgan fingerprint density at radius 2 is 1.17 bits per heavy atom. The molecule has 0 aliphatic carbocycles. The summed E-state index contributed by atoms with van der Waals surface area (Å²) in [5.41, 5.74) is 0. The molecule has 0 heterocycles. The van der Waals surface area contributed by atoms with Crippen molar-refractivity contribution in [2.45, 2.75) is 78.1 Å². The first-order chi connectivity index (χ1) is 8.91. The molecular weight excluding hydrogens is 216 g/mol. The molecule has 0 fully saturated rings. The Balaban J connectivity index is 3.17. The molecule has 0 atom stereocenters. The van der Waals surface area contributed by atoms with Gasteiger partial charge in [0.15, 0.2) is 0 Å². The molecule has 0 amide bonds. The van der Waals surface area contributed by atoms with Crippen LogP contribution in [0, 0.1) is 0 Å².